The van der Waals surface area contributed by atoms with Crippen molar-refractivity contribution >= 4 is 5.78 Å². The van der Waals surface area contributed by atoms with E-state index in [-0.39, 0.29) is 11.3 Å². The summed E-state index contributed by atoms with van der Waals surface area (Å²) in [6, 6.07) is 0. The Balaban J connectivity index is 1.52. The van der Waals surface area contributed by atoms with Crippen LogP contribution in [0, 0.1) is 52.3 Å². The standard InChI is InChI=1S/C27H46O3/c1-16(2)7-6-8-17(3)19-9-10-20-18-13-23(28)22-14-24(29)25(30)15-27(22,5)21(18)11-12-26(19,20)4/h16-22,24-25,29-30H,6-15H2,1-5H3/t17?,18-,19+,20-,21-,22+,24-,25+,26+,27+/m0/s1. The normalized spacial score (nSPS) is 49.5. The van der Waals surface area contributed by atoms with Crippen LogP contribution in [0.3, 0.4) is 0 Å². The Morgan fingerprint density at radius 2 is 1.67 bits per heavy atom. The molecule has 0 aromatic heterocycles. The molecule has 0 saturated heterocycles. The smallest absolute Gasteiger partial charge is 0.136 e. The molecule has 0 spiro atoms. The van der Waals surface area contributed by atoms with Gasteiger partial charge in [0.2, 0.25) is 0 Å². The summed E-state index contributed by atoms with van der Waals surface area (Å²) < 4.78 is 0. The second-order valence-corrected chi connectivity index (χ2v) is 12.7. The second-order valence-electron chi connectivity index (χ2n) is 12.7. The highest BCUT2D eigenvalue weighted by molar-refractivity contribution is 5.83. The first-order valence-corrected chi connectivity index (χ1v) is 13.0. The predicted octanol–water partition coefficient (Wildman–Crippen LogP) is 5.62. The number of rotatable bonds is 5. The molecule has 0 heterocycles. The molecule has 0 amide bonds. The van der Waals surface area contributed by atoms with Gasteiger partial charge in [-0.15, -0.1) is 0 Å². The van der Waals surface area contributed by atoms with Crippen LogP contribution in [0.1, 0.15) is 98.8 Å². The number of fused-ring (bicyclic) bond motifs is 5. The van der Waals surface area contributed by atoms with Gasteiger partial charge in [-0.2, -0.15) is 0 Å². The van der Waals surface area contributed by atoms with Gasteiger partial charge in [0, 0.05) is 12.3 Å². The monoisotopic (exact) mass is 418 g/mol. The third-order valence-electron chi connectivity index (χ3n) is 10.7. The van der Waals surface area contributed by atoms with Crippen LogP contribution >= 0.6 is 0 Å². The first-order valence-electron chi connectivity index (χ1n) is 13.0. The topological polar surface area (TPSA) is 57.5 Å². The lowest BCUT2D eigenvalue weighted by Crippen LogP contribution is -2.59. The SMILES string of the molecule is CC(C)CCCC(C)[C@H]1CC[C@H]2[C@@H]3CC(=O)[C@H]4C[C@H](O)[C@H](O)C[C@]4(C)[C@H]3CC[C@]12C. The van der Waals surface area contributed by atoms with Crippen molar-refractivity contribution in [1.29, 1.82) is 0 Å². The van der Waals surface area contributed by atoms with Crippen LogP contribution in [0.5, 0.6) is 0 Å². The van der Waals surface area contributed by atoms with Crippen molar-refractivity contribution in [3.8, 4) is 0 Å². The molecule has 4 fully saturated rings. The number of ketones is 1. The van der Waals surface area contributed by atoms with Gasteiger partial charge in [-0.05, 0) is 84.9 Å². The van der Waals surface area contributed by atoms with Crippen molar-refractivity contribution in [3.63, 3.8) is 0 Å². The van der Waals surface area contributed by atoms with Crippen LogP contribution in [-0.4, -0.2) is 28.2 Å². The zero-order chi connectivity index (χ0) is 21.8. The highest BCUT2D eigenvalue weighted by atomic mass is 16.3. The van der Waals surface area contributed by atoms with Gasteiger partial charge in [0.15, 0.2) is 0 Å². The Hall–Kier alpha value is -0.410. The van der Waals surface area contributed by atoms with Gasteiger partial charge in [-0.1, -0.05) is 53.9 Å². The van der Waals surface area contributed by atoms with E-state index in [4.69, 9.17) is 0 Å². The van der Waals surface area contributed by atoms with Gasteiger partial charge >= 0.3 is 0 Å². The minimum atomic E-state index is -0.722. The summed E-state index contributed by atoms with van der Waals surface area (Å²) in [7, 11) is 0. The average Bonchev–Trinajstić information content (AvgIpc) is 3.01. The molecule has 4 rings (SSSR count). The average molecular weight is 419 g/mol. The third kappa shape index (κ3) is 3.60. The van der Waals surface area contributed by atoms with Gasteiger partial charge in [0.25, 0.3) is 0 Å². The first-order chi connectivity index (χ1) is 14.1. The molecule has 2 N–H and O–H groups in total. The van der Waals surface area contributed by atoms with Crippen molar-refractivity contribution in [3.05, 3.63) is 0 Å². The van der Waals surface area contributed by atoms with Crippen LogP contribution < -0.4 is 0 Å². The van der Waals surface area contributed by atoms with E-state index in [2.05, 4.69) is 34.6 Å². The largest absolute Gasteiger partial charge is 0.390 e. The molecule has 1 unspecified atom stereocenters. The van der Waals surface area contributed by atoms with Crippen LogP contribution in [0.15, 0.2) is 0 Å². The predicted molar refractivity (Wildman–Crippen MR) is 121 cm³/mol. The zero-order valence-electron chi connectivity index (χ0n) is 20.1. The van der Waals surface area contributed by atoms with E-state index in [9.17, 15) is 15.0 Å². The minimum Gasteiger partial charge on any atom is -0.390 e. The molecule has 0 aromatic rings. The molecule has 3 nitrogen and oxygen atoms in total. The lowest BCUT2D eigenvalue weighted by atomic mass is 9.44. The van der Waals surface area contributed by atoms with E-state index in [1.807, 2.05) is 0 Å². The van der Waals surface area contributed by atoms with Gasteiger partial charge in [0.1, 0.15) is 5.78 Å². The van der Waals surface area contributed by atoms with Gasteiger partial charge in [-0.25, -0.2) is 0 Å². The van der Waals surface area contributed by atoms with E-state index in [1.165, 1.54) is 44.9 Å². The first kappa shape index (κ1) is 22.8. The number of carbonyl (C=O) groups is 1. The number of aliphatic hydroxyl groups excluding tert-OH is 2. The van der Waals surface area contributed by atoms with E-state index >= 15 is 0 Å². The Morgan fingerprint density at radius 3 is 2.37 bits per heavy atom. The molecule has 0 aromatic carbocycles. The third-order valence-corrected chi connectivity index (χ3v) is 10.7. The number of Topliss-reactive ketones (excluding diaryl/α,β-unsaturated/α-hetero) is 1. The molecule has 30 heavy (non-hydrogen) atoms. The zero-order valence-corrected chi connectivity index (χ0v) is 20.1. The van der Waals surface area contributed by atoms with Crippen molar-refractivity contribution in [2.75, 3.05) is 0 Å². The fourth-order valence-electron chi connectivity index (χ4n) is 9.10. The summed E-state index contributed by atoms with van der Waals surface area (Å²) in [6.45, 7) is 12.0. The minimum absolute atomic E-state index is 0.0475. The highest BCUT2D eigenvalue weighted by Gasteiger charge is 2.63. The van der Waals surface area contributed by atoms with Crippen LogP contribution in [0.4, 0.5) is 0 Å². The quantitative estimate of drug-likeness (QED) is 0.609. The maximum Gasteiger partial charge on any atom is 0.136 e. The molecule has 4 saturated carbocycles. The van der Waals surface area contributed by atoms with Crippen molar-refractivity contribution in [2.24, 2.45) is 52.3 Å². The maximum atomic E-state index is 13.3. The van der Waals surface area contributed by atoms with E-state index < -0.39 is 12.2 Å². The summed E-state index contributed by atoms with van der Waals surface area (Å²) >= 11 is 0. The fourth-order valence-corrected chi connectivity index (χ4v) is 9.10. The lowest BCUT2D eigenvalue weighted by Gasteiger charge is -2.61. The van der Waals surface area contributed by atoms with Crippen LogP contribution in [0.2, 0.25) is 0 Å². The Morgan fingerprint density at radius 1 is 0.967 bits per heavy atom. The van der Waals surface area contributed by atoms with Crippen LogP contribution in [-0.2, 0) is 4.79 Å². The molecule has 0 bridgehead atoms. The molecule has 172 valence electrons. The summed E-state index contributed by atoms with van der Waals surface area (Å²) in [5.41, 5.74) is 0.260. The van der Waals surface area contributed by atoms with Crippen molar-refractivity contribution < 1.29 is 15.0 Å². The molecular formula is C27H46O3. The van der Waals surface area contributed by atoms with E-state index in [1.54, 1.807) is 0 Å². The lowest BCUT2D eigenvalue weighted by molar-refractivity contribution is -0.173. The number of aliphatic hydroxyl groups is 2. The molecule has 0 radical (unpaired) electrons. The number of hydrogen-bond acceptors (Lipinski definition) is 3. The molecule has 4 aliphatic carbocycles. The van der Waals surface area contributed by atoms with Gasteiger partial charge in [0.05, 0.1) is 12.2 Å². The van der Waals surface area contributed by atoms with Gasteiger partial charge < -0.3 is 10.2 Å². The Labute approximate surface area is 184 Å². The molecule has 10 atom stereocenters. The van der Waals surface area contributed by atoms with E-state index in [0.29, 0.717) is 41.8 Å². The molecular weight excluding hydrogens is 372 g/mol. The van der Waals surface area contributed by atoms with Crippen molar-refractivity contribution in [2.45, 2.75) is 111 Å². The van der Waals surface area contributed by atoms with Crippen molar-refractivity contribution in [1.82, 2.24) is 0 Å². The summed E-state index contributed by atoms with van der Waals surface area (Å²) in [4.78, 5) is 13.3. The van der Waals surface area contributed by atoms with Gasteiger partial charge in [-0.3, -0.25) is 4.79 Å². The summed E-state index contributed by atoms with van der Waals surface area (Å²) in [5.74, 6) is 4.41. The summed E-state index contributed by atoms with van der Waals surface area (Å²) in [5, 5.41) is 20.7. The maximum absolute atomic E-state index is 13.3. The second kappa shape index (κ2) is 8.18. The molecule has 0 aliphatic heterocycles. The fraction of sp³-hybridized carbons (Fsp3) is 0.963. The Bertz CT molecular complexity index is 644. The molecule has 3 heteroatoms. The summed E-state index contributed by atoms with van der Waals surface area (Å²) in [6.07, 6.45) is 9.56. The van der Waals surface area contributed by atoms with E-state index in [0.717, 1.165) is 24.2 Å². The highest BCUT2D eigenvalue weighted by Crippen LogP contribution is 2.67. The number of hydrogen-bond donors (Lipinski definition) is 2. The number of carbonyl (C=O) groups excluding carboxylic acids is 1. The Kier molecular flexibility index (Phi) is 6.21. The molecule has 4 aliphatic rings. The van der Waals surface area contributed by atoms with Crippen LogP contribution in [0.25, 0.3) is 0 Å².